The van der Waals surface area contributed by atoms with Crippen LogP contribution in [-0.2, 0) is 16.1 Å². The zero-order chi connectivity index (χ0) is 9.68. The van der Waals surface area contributed by atoms with Crippen molar-refractivity contribution in [1.82, 2.24) is 0 Å². The number of hydrogen-bond donors (Lipinski definition) is 0. The van der Waals surface area contributed by atoms with Crippen molar-refractivity contribution in [1.29, 1.82) is 0 Å². The van der Waals surface area contributed by atoms with Gasteiger partial charge in [0.1, 0.15) is 6.10 Å². The van der Waals surface area contributed by atoms with E-state index in [1.165, 1.54) is 6.92 Å². The van der Waals surface area contributed by atoms with Crippen LogP contribution in [0.4, 0.5) is 4.39 Å². The van der Waals surface area contributed by atoms with Crippen molar-refractivity contribution in [3.8, 4) is 0 Å². The lowest BCUT2D eigenvalue weighted by atomic mass is 10.2. The zero-order valence-electron chi connectivity index (χ0n) is 7.37. The summed E-state index contributed by atoms with van der Waals surface area (Å²) in [5.74, 6) is 0. The molecule has 0 fully saturated rings. The number of rotatable bonds is 4. The maximum absolute atomic E-state index is 12.0. The molecule has 2 nitrogen and oxygen atoms in total. The molecule has 1 atom stereocenters. The van der Waals surface area contributed by atoms with Gasteiger partial charge >= 0.3 is 6.04 Å². The summed E-state index contributed by atoms with van der Waals surface area (Å²) in [5.41, 5.74) is 0.926. The molecule has 1 aromatic rings. The number of ether oxygens (including phenoxy) is 1. The smallest absolute Gasteiger partial charge is 0.329 e. The average Bonchev–Trinajstić information content (AvgIpc) is 2.15. The van der Waals surface area contributed by atoms with Gasteiger partial charge in [0, 0.05) is 0 Å². The Bertz CT molecular complexity index is 272. The Hall–Kier alpha value is -1.22. The normalized spacial score (nSPS) is 12.5. The second-order valence-electron chi connectivity index (χ2n) is 2.74. The third-order valence-corrected chi connectivity index (χ3v) is 1.66. The Morgan fingerprint density at radius 3 is 2.62 bits per heavy atom. The minimum absolute atomic E-state index is 0.262. The Morgan fingerprint density at radius 1 is 1.46 bits per heavy atom. The van der Waals surface area contributed by atoms with Crippen LogP contribution in [-0.4, -0.2) is 12.1 Å². The third-order valence-electron chi connectivity index (χ3n) is 1.66. The summed E-state index contributed by atoms with van der Waals surface area (Å²) >= 11 is 0. The summed E-state index contributed by atoms with van der Waals surface area (Å²) in [5, 5.41) is 0. The van der Waals surface area contributed by atoms with Crippen molar-refractivity contribution in [3.63, 3.8) is 0 Å². The van der Waals surface area contributed by atoms with Gasteiger partial charge in [-0.25, -0.2) is 0 Å². The number of halogens is 1. The molecule has 0 saturated heterocycles. The second kappa shape index (κ2) is 4.72. The molecule has 0 spiro atoms. The summed E-state index contributed by atoms with van der Waals surface area (Å²) in [6.45, 7) is 1.66. The fourth-order valence-electron chi connectivity index (χ4n) is 0.861. The fraction of sp³-hybridized carbons (Fsp3) is 0.300. The topological polar surface area (TPSA) is 26.3 Å². The molecular weight excluding hydrogens is 171 g/mol. The second-order valence-corrected chi connectivity index (χ2v) is 2.74. The van der Waals surface area contributed by atoms with Crippen molar-refractivity contribution < 1.29 is 13.9 Å². The molecule has 1 rings (SSSR count). The van der Waals surface area contributed by atoms with E-state index >= 15 is 0 Å². The van der Waals surface area contributed by atoms with E-state index in [0.29, 0.717) is 0 Å². The molecule has 13 heavy (non-hydrogen) atoms. The first-order chi connectivity index (χ1) is 6.20. The van der Waals surface area contributed by atoms with Gasteiger partial charge in [-0.15, -0.1) is 0 Å². The van der Waals surface area contributed by atoms with Crippen LogP contribution in [0.25, 0.3) is 0 Å². The largest absolute Gasteiger partial charge is 0.363 e. The summed E-state index contributed by atoms with van der Waals surface area (Å²) in [7, 11) is 0. The van der Waals surface area contributed by atoms with E-state index in [4.69, 9.17) is 4.74 Å². The van der Waals surface area contributed by atoms with Gasteiger partial charge in [-0.2, -0.15) is 4.39 Å². The predicted molar refractivity (Wildman–Crippen MR) is 46.8 cm³/mol. The van der Waals surface area contributed by atoms with Crippen LogP contribution in [0.1, 0.15) is 12.5 Å². The molecule has 0 N–H and O–H groups in total. The van der Waals surface area contributed by atoms with Crippen LogP contribution in [0.2, 0.25) is 0 Å². The first-order valence-corrected chi connectivity index (χ1v) is 4.05. The lowest BCUT2D eigenvalue weighted by Crippen LogP contribution is -2.15. The maximum Gasteiger partial charge on any atom is 0.329 e. The van der Waals surface area contributed by atoms with Gasteiger partial charge in [0.2, 0.25) is 0 Å². The third kappa shape index (κ3) is 3.34. The summed E-state index contributed by atoms with van der Waals surface area (Å²) in [4.78, 5) is 10.2. The molecule has 0 saturated carbocycles. The Morgan fingerprint density at radius 2 is 2.08 bits per heavy atom. The molecule has 0 aliphatic heterocycles. The first-order valence-electron chi connectivity index (χ1n) is 4.05. The fourth-order valence-corrected chi connectivity index (χ4v) is 0.861. The van der Waals surface area contributed by atoms with E-state index in [9.17, 15) is 9.18 Å². The number of hydrogen-bond acceptors (Lipinski definition) is 2. The molecule has 70 valence electrons. The summed E-state index contributed by atoms with van der Waals surface area (Å²) < 4.78 is 17.0. The van der Waals surface area contributed by atoms with Gasteiger partial charge in [-0.05, 0) is 12.5 Å². The molecule has 0 unspecified atom stereocenters. The molecule has 1 aromatic carbocycles. The van der Waals surface area contributed by atoms with Crippen molar-refractivity contribution in [2.45, 2.75) is 19.6 Å². The highest BCUT2D eigenvalue weighted by atomic mass is 19.1. The van der Waals surface area contributed by atoms with Crippen molar-refractivity contribution in [3.05, 3.63) is 35.9 Å². The minimum Gasteiger partial charge on any atom is -0.363 e. The highest BCUT2D eigenvalue weighted by Gasteiger charge is 2.11. The Labute approximate surface area is 76.3 Å². The lowest BCUT2D eigenvalue weighted by Gasteiger charge is -2.06. The Kier molecular flexibility index (Phi) is 3.58. The van der Waals surface area contributed by atoms with Crippen LogP contribution < -0.4 is 0 Å². The molecule has 0 amide bonds. The van der Waals surface area contributed by atoms with E-state index in [1.807, 2.05) is 30.3 Å². The van der Waals surface area contributed by atoms with Crippen molar-refractivity contribution in [2.24, 2.45) is 0 Å². The molecule has 0 heterocycles. The zero-order valence-corrected chi connectivity index (χ0v) is 7.37. The number of carbonyl (C=O) groups excluding carboxylic acids is 1. The van der Waals surface area contributed by atoms with Crippen LogP contribution in [0.5, 0.6) is 0 Å². The first kappa shape index (κ1) is 9.86. The molecule has 0 aliphatic rings. The number of benzene rings is 1. The van der Waals surface area contributed by atoms with E-state index < -0.39 is 12.1 Å². The van der Waals surface area contributed by atoms with E-state index in [0.717, 1.165) is 5.56 Å². The molecule has 0 radical (unpaired) electrons. The predicted octanol–water partition coefficient (Wildman–Crippen LogP) is 2.09. The van der Waals surface area contributed by atoms with E-state index in [2.05, 4.69) is 0 Å². The van der Waals surface area contributed by atoms with Gasteiger partial charge < -0.3 is 4.74 Å². The van der Waals surface area contributed by atoms with Gasteiger partial charge in [-0.3, -0.25) is 4.79 Å². The van der Waals surface area contributed by atoms with Crippen LogP contribution >= 0.6 is 0 Å². The van der Waals surface area contributed by atoms with Crippen LogP contribution in [0.3, 0.4) is 0 Å². The quantitative estimate of drug-likeness (QED) is 0.666. The van der Waals surface area contributed by atoms with Gasteiger partial charge in [0.25, 0.3) is 0 Å². The molecule has 3 heteroatoms. The highest BCUT2D eigenvalue weighted by Crippen LogP contribution is 2.03. The van der Waals surface area contributed by atoms with Crippen molar-refractivity contribution >= 4 is 6.04 Å². The number of carbonyl (C=O) groups is 1. The lowest BCUT2D eigenvalue weighted by molar-refractivity contribution is -0.141. The van der Waals surface area contributed by atoms with E-state index in [1.54, 1.807) is 0 Å². The maximum atomic E-state index is 12.0. The average molecular weight is 182 g/mol. The monoisotopic (exact) mass is 182 g/mol. The Balaban J connectivity index is 2.39. The summed E-state index contributed by atoms with van der Waals surface area (Å²) in [6.07, 6.45) is -0.972. The van der Waals surface area contributed by atoms with E-state index in [-0.39, 0.29) is 6.61 Å². The SMILES string of the molecule is C[C@@H](OCc1ccccc1)C(=O)F. The highest BCUT2D eigenvalue weighted by molar-refractivity contribution is 5.72. The molecule has 0 aromatic heterocycles. The van der Waals surface area contributed by atoms with Crippen LogP contribution in [0.15, 0.2) is 30.3 Å². The standard InChI is InChI=1S/C10H11FO2/c1-8(10(11)12)13-7-9-5-3-2-4-6-9/h2-6,8H,7H2,1H3/t8-/m1/s1. The van der Waals surface area contributed by atoms with Gasteiger partial charge in [0.15, 0.2) is 0 Å². The summed E-state index contributed by atoms with van der Waals surface area (Å²) in [6, 6.07) is 7.88. The molecule has 0 bridgehead atoms. The minimum atomic E-state index is -1.43. The van der Waals surface area contributed by atoms with Crippen molar-refractivity contribution in [2.75, 3.05) is 0 Å². The van der Waals surface area contributed by atoms with Crippen LogP contribution in [0, 0.1) is 0 Å². The molecule has 0 aliphatic carbocycles. The van der Waals surface area contributed by atoms with Gasteiger partial charge in [-0.1, -0.05) is 30.3 Å². The molecular formula is C10H11FO2. The van der Waals surface area contributed by atoms with Gasteiger partial charge in [0.05, 0.1) is 6.61 Å².